The van der Waals surface area contributed by atoms with Crippen LogP contribution in [0.4, 0.5) is 5.69 Å². The van der Waals surface area contributed by atoms with E-state index >= 15 is 0 Å². The zero-order chi connectivity index (χ0) is 14.6. The largest absolute Gasteiger partial charge is 0.495 e. The average molecular weight is 265 g/mol. The summed E-state index contributed by atoms with van der Waals surface area (Å²) >= 11 is 0. The average Bonchev–Trinajstić information content (AvgIpc) is 2.37. The summed E-state index contributed by atoms with van der Waals surface area (Å²) in [6, 6.07) is 6.34. The summed E-state index contributed by atoms with van der Waals surface area (Å²) in [6.07, 6.45) is 0. The Morgan fingerprint density at radius 2 is 1.95 bits per heavy atom. The SMILES string of the molecule is COc1cc(C(C)C)ccc1N(C)CC(C)(C)CO. The van der Waals surface area contributed by atoms with Crippen LogP contribution < -0.4 is 9.64 Å². The minimum absolute atomic E-state index is 0.128. The fourth-order valence-electron chi connectivity index (χ4n) is 2.15. The first-order valence-corrected chi connectivity index (χ1v) is 6.80. The Kier molecular flexibility index (Phi) is 5.24. The minimum atomic E-state index is -0.128. The maximum atomic E-state index is 9.38. The molecule has 1 aromatic carbocycles. The molecule has 1 aromatic rings. The molecule has 0 bridgehead atoms. The van der Waals surface area contributed by atoms with E-state index in [4.69, 9.17) is 4.74 Å². The predicted molar refractivity (Wildman–Crippen MR) is 81.2 cm³/mol. The molecule has 3 heteroatoms. The molecule has 19 heavy (non-hydrogen) atoms. The molecule has 0 saturated carbocycles. The van der Waals surface area contributed by atoms with Gasteiger partial charge in [-0.25, -0.2) is 0 Å². The van der Waals surface area contributed by atoms with Gasteiger partial charge < -0.3 is 14.7 Å². The van der Waals surface area contributed by atoms with Crippen molar-refractivity contribution in [1.82, 2.24) is 0 Å². The van der Waals surface area contributed by atoms with Crippen LogP contribution in [0.1, 0.15) is 39.2 Å². The lowest BCUT2D eigenvalue weighted by Crippen LogP contribution is -2.34. The van der Waals surface area contributed by atoms with Crippen molar-refractivity contribution in [2.24, 2.45) is 5.41 Å². The van der Waals surface area contributed by atoms with E-state index < -0.39 is 0 Å². The minimum Gasteiger partial charge on any atom is -0.495 e. The first-order valence-electron chi connectivity index (χ1n) is 6.80. The van der Waals surface area contributed by atoms with Gasteiger partial charge in [0.2, 0.25) is 0 Å². The van der Waals surface area contributed by atoms with Crippen LogP contribution in [0, 0.1) is 5.41 Å². The molecule has 3 nitrogen and oxygen atoms in total. The van der Waals surface area contributed by atoms with Crippen molar-refractivity contribution in [1.29, 1.82) is 0 Å². The van der Waals surface area contributed by atoms with E-state index in [1.807, 2.05) is 7.05 Å². The number of benzene rings is 1. The molecule has 0 aliphatic carbocycles. The molecule has 0 aliphatic rings. The number of nitrogens with zero attached hydrogens (tertiary/aromatic N) is 1. The van der Waals surface area contributed by atoms with E-state index in [-0.39, 0.29) is 12.0 Å². The molecule has 0 atom stereocenters. The highest BCUT2D eigenvalue weighted by molar-refractivity contribution is 5.59. The van der Waals surface area contributed by atoms with Crippen molar-refractivity contribution >= 4 is 5.69 Å². The lowest BCUT2D eigenvalue weighted by molar-refractivity contribution is 0.165. The van der Waals surface area contributed by atoms with Gasteiger partial charge in [-0.05, 0) is 23.6 Å². The number of hydrogen-bond donors (Lipinski definition) is 1. The van der Waals surface area contributed by atoms with Crippen LogP contribution in [-0.2, 0) is 0 Å². The van der Waals surface area contributed by atoms with Gasteiger partial charge in [0.25, 0.3) is 0 Å². The number of anilines is 1. The lowest BCUT2D eigenvalue weighted by atomic mass is 9.94. The van der Waals surface area contributed by atoms with Gasteiger partial charge in [0.1, 0.15) is 5.75 Å². The number of ether oxygens (including phenoxy) is 1. The van der Waals surface area contributed by atoms with Crippen molar-refractivity contribution in [2.75, 3.05) is 32.2 Å². The second-order valence-electron chi connectivity index (χ2n) is 6.26. The van der Waals surface area contributed by atoms with Crippen LogP contribution in [0.5, 0.6) is 5.75 Å². The van der Waals surface area contributed by atoms with E-state index in [2.05, 4.69) is 50.8 Å². The smallest absolute Gasteiger partial charge is 0.142 e. The zero-order valence-electron chi connectivity index (χ0n) is 13.0. The molecule has 0 unspecified atom stereocenters. The van der Waals surface area contributed by atoms with Crippen LogP contribution in [0.25, 0.3) is 0 Å². The van der Waals surface area contributed by atoms with Gasteiger partial charge in [0.05, 0.1) is 12.8 Å². The fraction of sp³-hybridized carbons (Fsp3) is 0.625. The summed E-state index contributed by atoms with van der Waals surface area (Å²) in [5.41, 5.74) is 2.21. The Morgan fingerprint density at radius 1 is 1.32 bits per heavy atom. The maximum Gasteiger partial charge on any atom is 0.142 e. The van der Waals surface area contributed by atoms with Gasteiger partial charge >= 0.3 is 0 Å². The van der Waals surface area contributed by atoms with E-state index in [1.165, 1.54) is 5.56 Å². The molecule has 0 amide bonds. The van der Waals surface area contributed by atoms with Crippen molar-refractivity contribution in [2.45, 2.75) is 33.6 Å². The van der Waals surface area contributed by atoms with Crippen molar-refractivity contribution in [3.05, 3.63) is 23.8 Å². The highest BCUT2D eigenvalue weighted by Crippen LogP contribution is 2.32. The van der Waals surface area contributed by atoms with Gasteiger partial charge in [-0.15, -0.1) is 0 Å². The Balaban J connectivity index is 3.00. The van der Waals surface area contributed by atoms with E-state index in [0.717, 1.165) is 18.0 Å². The number of aliphatic hydroxyl groups is 1. The lowest BCUT2D eigenvalue weighted by Gasteiger charge is -2.31. The summed E-state index contributed by atoms with van der Waals surface area (Å²) in [5, 5.41) is 9.38. The molecule has 0 radical (unpaired) electrons. The Labute approximate surface area is 117 Å². The van der Waals surface area contributed by atoms with Crippen molar-refractivity contribution in [3.63, 3.8) is 0 Å². The van der Waals surface area contributed by atoms with Crippen LogP contribution in [-0.4, -0.2) is 32.4 Å². The third-order valence-corrected chi connectivity index (χ3v) is 3.37. The van der Waals surface area contributed by atoms with Crippen LogP contribution >= 0.6 is 0 Å². The second kappa shape index (κ2) is 6.29. The van der Waals surface area contributed by atoms with Gasteiger partial charge in [-0.2, -0.15) is 0 Å². The highest BCUT2D eigenvalue weighted by atomic mass is 16.5. The summed E-state index contributed by atoms with van der Waals surface area (Å²) in [6.45, 7) is 9.40. The van der Waals surface area contributed by atoms with E-state index in [9.17, 15) is 5.11 Å². The first kappa shape index (κ1) is 15.8. The fourth-order valence-corrected chi connectivity index (χ4v) is 2.15. The maximum absolute atomic E-state index is 9.38. The molecule has 0 saturated heterocycles. The topological polar surface area (TPSA) is 32.7 Å². The molecule has 0 aliphatic heterocycles. The molecule has 0 spiro atoms. The molecule has 1 rings (SSSR count). The third kappa shape index (κ3) is 4.13. The van der Waals surface area contributed by atoms with Crippen molar-refractivity contribution < 1.29 is 9.84 Å². The molecular weight excluding hydrogens is 238 g/mol. The molecule has 108 valence electrons. The second-order valence-corrected chi connectivity index (χ2v) is 6.26. The molecule has 0 aromatic heterocycles. The highest BCUT2D eigenvalue weighted by Gasteiger charge is 2.21. The molecule has 0 fully saturated rings. The van der Waals surface area contributed by atoms with Gasteiger partial charge in [-0.1, -0.05) is 33.8 Å². The Bertz CT molecular complexity index is 413. The molecular formula is C16H27NO2. The number of hydrogen-bond acceptors (Lipinski definition) is 3. The number of methoxy groups -OCH3 is 1. The Hall–Kier alpha value is -1.22. The molecule has 1 N–H and O–H groups in total. The first-order chi connectivity index (χ1) is 8.80. The summed E-state index contributed by atoms with van der Waals surface area (Å²) in [5.74, 6) is 1.38. The number of aliphatic hydroxyl groups excluding tert-OH is 1. The summed E-state index contributed by atoms with van der Waals surface area (Å²) < 4.78 is 5.50. The van der Waals surface area contributed by atoms with Crippen LogP contribution in [0.15, 0.2) is 18.2 Å². The van der Waals surface area contributed by atoms with E-state index in [0.29, 0.717) is 5.92 Å². The van der Waals surface area contributed by atoms with Gasteiger partial charge in [-0.3, -0.25) is 0 Å². The summed E-state index contributed by atoms with van der Waals surface area (Å²) in [4.78, 5) is 2.14. The van der Waals surface area contributed by atoms with E-state index in [1.54, 1.807) is 7.11 Å². The standard InChI is InChI=1S/C16H27NO2/c1-12(2)13-7-8-14(15(9-13)19-6)17(5)10-16(3,4)11-18/h7-9,12,18H,10-11H2,1-6H3. The normalized spacial score (nSPS) is 11.8. The quantitative estimate of drug-likeness (QED) is 0.857. The zero-order valence-corrected chi connectivity index (χ0v) is 13.0. The van der Waals surface area contributed by atoms with Crippen molar-refractivity contribution in [3.8, 4) is 5.75 Å². The van der Waals surface area contributed by atoms with Crippen LogP contribution in [0.3, 0.4) is 0 Å². The number of rotatable bonds is 6. The van der Waals surface area contributed by atoms with Crippen LogP contribution in [0.2, 0.25) is 0 Å². The monoisotopic (exact) mass is 265 g/mol. The van der Waals surface area contributed by atoms with Gasteiger partial charge in [0.15, 0.2) is 0 Å². The Morgan fingerprint density at radius 3 is 2.42 bits per heavy atom. The van der Waals surface area contributed by atoms with Gasteiger partial charge in [0, 0.05) is 25.6 Å². The third-order valence-electron chi connectivity index (χ3n) is 3.37. The predicted octanol–water partition coefficient (Wildman–Crippen LogP) is 3.27. The summed E-state index contributed by atoms with van der Waals surface area (Å²) in [7, 11) is 3.73. The molecule has 0 heterocycles.